The number of ether oxygens (including phenoxy) is 1. The summed E-state index contributed by atoms with van der Waals surface area (Å²) in [6.45, 7) is 0.191. The van der Waals surface area contributed by atoms with Gasteiger partial charge in [-0.2, -0.15) is 19.3 Å². The van der Waals surface area contributed by atoms with E-state index in [9.17, 15) is 17.6 Å². The Bertz CT molecular complexity index is 628. The Kier molecular flexibility index (Phi) is 5.76. The topological polar surface area (TPSA) is 68.8 Å². The van der Waals surface area contributed by atoms with Crippen molar-refractivity contribution in [3.63, 3.8) is 0 Å². The fourth-order valence-electron chi connectivity index (χ4n) is 1.37. The Morgan fingerprint density at radius 3 is 2.50 bits per heavy atom. The van der Waals surface area contributed by atoms with E-state index in [0.29, 0.717) is 11.3 Å². The van der Waals surface area contributed by atoms with Crippen LogP contribution in [0.25, 0.3) is 0 Å². The van der Waals surface area contributed by atoms with Crippen molar-refractivity contribution < 1.29 is 22.3 Å². The summed E-state index contributed by atoms with van der Waals surface area (Å²) in [5.74, 6) is -4.21. The summed E-state index contributed by atoms with van der Waals surface area (Å²) >= 11 is 0. The maximum atomic E-state index is 12.7. The van der Waals surface area contributed by atoms with Crippen LogP contribution in [0.15, 0.2) is 30.0 Å². The lowest BCUT2D eigenvalue weighted by Gasteiger charge is -2.16. The van der Waals surface area contributed by atoms with Gasteiger partial charge >= 0.3 is 12.3 Å². The number of halogens is 4. The molecule has 0 heterocycles. The van der Waals surface area contributed by atoms with Gasteiger partial charge < -0.3 is 10.1 Å². The lowest BCUT2D eigenvalue weighted by atomic mass is 10.2. The lowest BCUT2D eigenvalue weighted by molar-refractivity contribution is -0.148. The molecule has 0 fully saturated rings. The van der Waals surface area contributed by atoms with Crippen LogP contribution in [-0.4, -0.2) is 19.0 Å². The van der Waals surface area contributed by atoms with E-state index in [4.69, 9.17) is 10.5 Å². The Morgan fingerprint density at radius 1 is 1.36 bits per heavy atom. The number of benzene rings is 1. The van der Waals surface area contributed by atoms with Gasteiger partial charge in [0, 0.05) is 11.9 Å². The van der Waals surface area contributed by atoms with E-state index in [1.807, 2.05) is 0 Å². The van der Waals surface area contributed by atoms with Crippen LogP contribution in [0.4, 0.5) is 23.2 Å². The van der Waals surface area contributed by atoms with E-state index < -0.39 is 19.0 Å². The smallest absolute Gasteiger partial charge is 0.340 e. The third-order valence-electron chi connectivity index (χ3n) is 2.56. The van der Waals surface area contributed by atoms with Crippen molar-refractivity contribution in [2.24, 2.45) is 0 Å². The molecule has 1 aromatic rings. The molecule has 4 nitrogen and oxygen atoms in total. The number of nitrogens with one attached hydrogen (secondary N) is 1. The molecular formula is C14H11F4N3O. The maximum absolute atomic E-state index is 12.7. The van der Waals surface area contributed by atoms with Gasteiger partial charge in [0.1, 0.15) is 23.5 Å². The minimum absolute atomic E-state index is 0.00754. The third kappa shape index (κ3) is 4.67. The van der Waals surface area contributed by atoms with Crippen molar-refractivity contribution in [3.05, 3.63) is 35.5 Å². The average Bonchev–Trinajstić information content (AvgIpc) is 2.47. The van der Waals surface area contributed by atoms with E-state index in [0.717, 1.165) is 0 Å². The SMILES string of the molecule is Cc1cc(OCC(F)(F)C(F)F)ccc1NC=C(C#N)C#N. The Morgan fingerprint density at radius 2 is 2.00 bits per heavy atom. The number of nitrogens with zero attached hydrogens (tertiary/aromatic N) is 2. The van der Waals surface area contributed by atoms with E-state index in [2.05, 4.69) is 10.1 Å². The molecule has 0 aliphatic rings. The molecule has 1 N–H and O–H groups in total. The molecule has 0 spiro atoms. The number of hydrogen-bond acceptors (Lipinski definition) is 4. The summed E-state index contributed by atoms with van der Waals surface area (Å²) in [6, 6.07) is 7.45. The summed E-state index contributed by atoms with van der Waals surface area (Å²) in [5, 5.41) is 19.9. The largest absolute Gasteiger partial charge is 0.487 e. The van der Waals surface area contributed by atoms with Crippen LogP contribution in [0.2, 0.25) is 0 Å². The fraction of sp³-hybridized carbons (Fsp3) is 0.286. The molecule has 22 heavy (non-hydrogen) atoms. The van der Waals surface area contributed by atoms with Gasteiger partial charge in [0.25, 0.3) is 0 Å². The van der Waals surface area contributed by atoms with Crippen molar-refractivity contribution in [2.75, 3.05) is 11.9 Å². The van der Waals surface area contributed by atoms with E-state index >= 15 is 0 Å². The Labute approximate surface area is 124 Å². The monoisotopic (exact) mass is 313 g/mol. The fourth-order valence-corrected chi connectivity index (χ4v) is 1.37. The minimum Gasteiger partial charge on any atom is -0.487 e. The lowest BCUT2D eigenvalue weighted by Crippen LogP contribution is -2.33. The molecule has 0 radical (unpaired) electrons. The second kappa shape index (κ2) is 7.32. The first-order valence-electron chi connectivity index (χ1n) is 5.96. The van der Waals surface area contributed by atoms with Gasteiger partial charge in [-0.3, -0.25) is 0 Å². The van der Waals surface area contributed by atoms with Crippen LogP contribution in [0, 0.1) is 29.6 Å². The third-order valence-corrected chi connectivity index (χ3v) is 2.56. The number of anilines is 1. The highest BCUT2D eigenvalue weighted by Crippen LogP contribution is 2.26. The zero-order valence-electron chi connectivity index (χ0n) is 11.4. The normalized spacial score (nSPS) is 10.5. The van der Waals surface area contributed by atoms with Gasteiger partial charge in [0.2, 0.25) is 0 Å². The number of hydrogen-bond donors (Lipinski definition) is 1. The summed E-state index contributed by atoms with van der Waals surface area (Å²) in [5.41, 5.74) is 0.927. The maximum Gasteiger partial charge on any atom is 0.340 e. The minimum atomic E-state index is -4.22. The number of aryl methyl sites for hydroxylation is 1. The molecule has 0 bridgehead atoms. The van der Waals surface area contributed by atoms with Gasteiger partial charge in [-0.05, 0) is 30.7 Å². The van der Waals surface area contributed by atoms with Gasteiger partial charge in [-0.15, -0.1) is 0 Å². The van der Waals surface area contributed by atoms with E-state index in [1.165, 1.54) is 24.4 Å². The van der Waals surface area contributed by atoms with Crippen LogP contribution in [-0.2, 0) is 0 Å². The second-order valence-electron chi connectivity index (χ2n) is 4.25. The molecule has 0 aromatic heterocycles. The molecule has 0 saturated heterocycles. The molecule has 0 unspecified atom stereocenters. The Balaban J connectivity index is 2.77. The first-order valence-corrected chi connectivity index (χ1v) is 5.96. The predicted molar refractivity (Wildman–Crippen MR) is 70.6 cm³/mol. The van der Waals surface area contributed by atoms with Gasteiger partial charge in [0.05, 0.1) is 0 Å². The van der Waals surface area contributed by atoms with Gasteiger partial charge in [0.15, 0.2) is 6.61 Å². The quantitative estimate of drug-likeness (QED) is 0.643. The van der Waals surface area contributed by atoms with Crippen molar-refractivity contribution >= 4 is 5.69 Å². The molecule has 0 atom stereocenters. The van der Waals surface area contributed by atoms with Crippen molar-refractivity contribution in [2.45, 2.75) is 19.3 Å². The number of nitriles is 2. The van der Waals surface area contributed by atoms with Gasteiger partial charge in [-0.1, -0.05) is 0 Å². The van der Waals surface area contributed by atoms with Crippen molar-refractivity contribution in [3.8, 4) is 17.9 Å². The summed E-state index contributed by atoms with van der Waals surface area (Å²) < 4.78 is 54.1. The first-order chi connectivity index (χ1) is 10.3. The molecule has 0 saturated carbocycles. The summed E-state index contributed by atoms with van der Waals surface area (Å²) in [7, 11) is 0. The molecule has 1 rings (SSSR count). The number of rotatable bonds is 6. The van der Waals surface area contributed by atoms with Crippen LogP contribution in [0.3, 0.4) is 0 Å². The van der Waals surface area contributed by atoms with Crippen LogP contribution < -0.4 is 10.1 Å². The van der Waals surface area contributed by atoms with Crippen molar-refractivity contribution in [1.29, 1.82) is 10.5 Å². The molecule has 1 aromatic carbocycles. The number of allylic oxidation sites excluding steroid dienone is 1. The molecule has 0 amide bonds. The standard InChI is InChI=1S/C14H11F4N3O/c1-9-4-11(22-8-14(17,18)13(15)16)2-3-12(9)21-7-10(5-19)6-20/h2-4,7,13,21H,8H2,1H3. The molecule has 0 aliphatic heterocycles. The summed E-state index contributed by atoms with van der Waals surface area (Å²) in [4.78, 5) is 0. The van der Waals surface area contributed by atoms with Crippen molar-refractivity contribution in [1.82, 2.24) is 0 Å². The zero-order chi connectivity index (χ0) is 16.8. The first kappa shape index (κ1) is 17.3. The highest BCUT2D eigenvalue weighted by atomic mass is 19.3. The van der Waals surface area contributed by atoms with Gasteiger partial charge in [-0.25, -0.2) is 8.78 Å². The molecule has 8 heteroatoms. The second-order valence-corrected chi connectivity index (χ2v) is 4.25. The zero-order valence-corrected chi connectivity index (χ0v) is 11.4. The van der Waals surface area contributed by atoms with Crippen LogP contribution in [0.1, 0.15) is 5.56 Å². The molecule has 116 valence electrons. The van der Waals surface area contributed by atoms with Crippen LogP contribution >= 0.6 is 0 Å². The predicted octanol–water partition coefficient (Wildman–Crippen LogP) is 3.62. The highest BCUT2D eigenvalue weighted by Gasteiger charge is 2.41. The summed E-state index contributed by atoms with van der Waals surface area (Å²) in [6.07, 6.45) is -2.61. The molecular weight excluding hydrogens is 302 g/mol. The van der Waals surface area contributed by atoms with Crippen LogP contribution in [0.5, 0.6) is 5.75 Å². The van der Waals surface area contributed by atoms with E-state index in [-0.39, 0.29) is 11.3 Å². The highest BCUT2D eigenvalue weighted by molar-refractivity contribution is 5.56. The number of alkyl halides is 4. The average molecular weight is 313 g/mol. The molecule has 0 aliphatic carbocycles. The Hall–Kier alpha value is -2.74. The van der Waals surface area contributed by atoms with E-state index in [1.54, 1.807) is 19.1 Å².